The van der Waals surface area contributed by atoms with Gasteiger partial charge in [-0.05, 0) is 62.6 Å². The first-order valence-corrected chi connectivity index (χ1v) is 10.0. The van der Waals surface area contributed by atoms with E-state index >= 15 is 0 Å². The smallest absolute Gasteiger partial charge is 0.337 e. The average Bonchev–Trinajstić information content (AvgIpc) is 3.06. The normalized spacial score (nSPS) is 10.6. The van der Waals surface area contributed by atoms with Crippen LogP contribution in [0.5, 0.6) is 5.75 Å². The van der Waals surface area contributed by atoms with Gasteiger partial charge in [0.2, 0.25) is 5.91 Å². The van der Waals surface area contributed by atoms with E-state index in [2.05, 4.69) is 10.4 Å². The number of nitrogens with zero attached hydrogens (tertiary/aromatic N) is 2. The summed E-state index contributed by atoms with van der Waals surface area (Å²) in [6, 6.07) is 12.8. The second kappa shape index (κ2) is 9.47. The van der Waals surface area contributed by atoms with E-state index in [1.165, 1.54) is 7.11 Å². The fourth-order valence-electron chi connectivity index (χ4n) is 3.48. The van der Waals surface area contributed by atoms with Crippen LogP contribution in [0.25, 0.3) is 5.69 Å². The molecule has 0 aliphatic rings. The summed E-state index contributed by atoms with van der Waals surface area (Å²) in [5, 5.41) is 7.55. The average molecular weight is 421 g/mol. The highest BCUT2D eigenvalue weighted by Gasteiger charge is 2.16. The van der Waals surface area contributed by atoms with Gasteiger partial charge in [-0.2, -0.15) is 5.10 Å². The van der Waals surface area contributed by atoms with Crippen molar-refractivity contribution in [2.24, 2.45) is 0 Å². The number of rotatable bonds is 7. The summed E-state index contributed by atoms with van der Waals surface area (Å²) >= 11 is 0. The van der Waals surface area contributed by atoms with Crippen molar-refractivity contribution in [3.63, 3.8) is 0 Å². The van der Waals surface area contributed by atoms with E-state index in [0.717, 1.165) is 34.0 Å². The lowest BCUT2D eigenvalue weighted by molar-refractivity contribution is -0.116. The largest absolute Gasteiger partial charge is 0.497 e. The van der Waals surface area contributed by atoms with Crippen molar-refractivity contribution in [2.75, 3.05) is 19.5 Å². The molecule has 7 nitrogen and oxygen atoms in total. The highest BCUT2D eigenvalue weighted by Crippen LogP contribution is 2.23. The molecule has 3 aromatic rings. The predicted molar refractivity (Wildman–Crippen MR) is 119 cm³/mol. The van der Waals surface area contributed by atoms with Crippen molar-refractivity contribution >= 4 is 17.6 Å². The van der Waals surface area contributed by atoms with Gasteiger partial charge < -0.3 is 14.8 Å². The highest BCUT2D eigenvalue weighted by atomic mass is 16.5. The summed E-state index contributed by atoms with van der Waals surface area (Å²) in [7, 11) is 2.96. The first-order chi connectivity index (χ1) is 14.8. The SMILES string of the molecule is COC(=O)c1ccc(C)c(NC(=O)CCc2c(C)nn(-c3cccc(OC)c3)c2C)c1. The Kier molecular flexibility index (Phi) is 6.74. The first kappa shape index (κ1) is 22.1. The van der Waals surface area contributed by atoms with E-state index < -0.39 is 5.97 Å². The summed E-state index contributed by atoms with van der Waals surface area (Å²) < 4.78 is 11.9. The number of methoxy groups -OCH3 is 2. The zero-order valence-corrected chi connectivity index (χ0v) is 18.5. The number of aryl methyl sites for hydroxylation is 2. The third-order valence-corrected chi connectivity index (χ3v) is 5.27. The molecular formula is C24H27N3O4. The Bertz CT molecular complexity index is 1120. The molecule has 3 rings (SSSR count). The van der Waals surface area contributed by atoms with Crippen LogP contribution in [0, 0.1) is 20.8 Å². The Labute approximate surface area is 182 Å². The molecule has 7 heteroatoms. The summed E-state index contributed by atoms with van der Waals surface area (Å²) in [4.78, 5) is 24.4. The maximum Gasteiger partial charge on any atom is 0.337 e. The van der Waals surface area contributed by atoms with Gasteiger partial charge in [0.25, 0.3) is 0 Å². The molecule has 1 N–H and O–H groups in total. The molecule has 0 unspecified atom stereocenters. The number of esters is 1. The van der Waals surface area contributed by atoms with Crippen molar-refractivity contribution in [1.82, 2.24) is 9.78 Å². The Morgan fingerprint density at radius 3 is 2.55 bits per heavy atom. The van der Waals surface area contributed by atoms with Crippen LogP contribution in [0.1, 0.15) is 39.3 Å². The van der Waals surface area contributed by atoms with Crippen LogP contribution < -0.4 is 10.1 Å². The summed E-state index contributed by atoms with van der Waals surface area (Å²) in [6.07, 6.45) is 0.858. The van der Waals surface area contributed by atoms with E-state index in [0.29, 0.717) is 24.1 Å². The van der Waals surface area contributed by atoms with Gasteiger partial charge >= 0.3 is 5.97 Å². The van der Waals surface area contributed by atoms with Crippen molar-refractivity contribution < 1.29 is 19.1 Å². The van der Waals surface area contributed by atoms with Crippen LogP contribution >= 0.6 is 0 Å². The van der Waals surface area contributed by atoms with E-state index in [4.69, 9.17) is 9.47 Å². The monoisotopic (exact) mass is 421 g/mol. The molecule has 31 heavy (non-hydrogen) atoms. The third-order valence-electron chi connectivity index (χ3n) is 5.27. The molecule has 0 atom stereocenters. The molecule has 0 radical (unpaired) electrons. The van der Waals surface area contributed by atoms with Gasteiger partial charge in [-0.3, -0.25) is 4.79 Å². The van der Waals surface area contributed by atoms with Crippen molar-refractivity contribution in [3.05, 3.63) is 70.5 Å². The molecule has 0 aliphatic heterocycles. The summed E-state index contributed by atoms with van der Waals surface area (Å²) in [5.41, 5.74) is 5.70. The Morgan fingerprint density at radius 1 is 1.06 bits per heavy atom. The Hall–Kier alpha value is -3.61. The minimum absolute atomic E-state index is 0.127. The molecule has 0 bridgehead atoms. The van der Waals surface area contributed by atoms with Gasteiger partial charge in [0.15, 0.2) is 0 Å². The van der Waals surface area contributed by atoms with Crippen LogP contribution in [-0.2, 0) is 16.0 Å². The number of aromatic nitrogens is 2. The highest BCUT2D eigenvalue weighted by molar-refractivity contribution is 5.95. The maximum atomic E-state index is 12.6. The topological polar surface area (TPSA) is 82.5 Å². The zero-order valence-electron chi connectivity index (χ0n) is 18.5. The van der Waals surface area contributed by atoms with Gasteiger partial charge in [-0.15, -0.1) is 0 Å². The lowest BCUT2D eigenvalue weighted by atomic mass is 10.1. The number of nitrogens with one attached hydrogen (secondary N) is 1. The van der Waals surface area contributed by atoms with E-state index in [1.54, 1.807) is 25.3 Å². The van der Waals surface area contributed by atoms with Gasteiger partial charge in [0, 0.05) is 23.9 Å². The van der Waals surface area contributed by atoms with E-state index in [1.807, 2.05) is 49.7 Å². The van der Waals surface area contributed by atoms with Crippen LogP contribution in [-0.4, -0.2) is 35.9 Å². The minimum atomic E-state index is -0.438. The van der Waals surface area contributed by atoms with E-state index in [-0.39, 0.29) is 5.91 Å². The molecule has 2 aromatic carbocycles. The van der Waals surface area contributed by atoms with Gasteiger partial charge in [-0.1, -0.05) is 12.1 Å². The number of benzene rings is 2. The van der Waals surface area contributed by atoms with Gasteiger partial charge in [0.1, 0.15) is 5.75 Å². The Morgan fingerprint density at radius 2 is 1.84 bits per heavy atom. The molecule has 1 heterocycles. The molecule has 0 fully saturated rings. The number of anilines is 1. The van der Waals surface area contributed by atoms with Crippen molar-refractivity contribution in [1.29, 1.82) is 0 Å². The predicted octanol–water partition coefficient (Wildman–Crippen LogP) is 4.16. The summed E-state index contributed by atoms with van der Waals surface area (Å²) in [6.45, 7) is 5.82. The molecule has 162 valence electrons. The van der Waals surface area contributed by atoms with Crippen LogP contribution in [0.3, 0.4) is 0 Å². The molecule has 0 aliphatic carbocycles. The minimum Gasteiger partial charge on any atom is -0.497 e. The van der Waals surface area contributed by atoms with Gasteiger partial charge in [-0.25, -0.2) is 9.48 Å². The first-order valence-electron chi connectivity index (χ1n) is 10.0. The van der Waals surface area contributed by atoms with Crippen LogP contribution in [0.15, 0.2) is 42.5 Å². The van der Waals surface area contributed by atoms with Crippen LogP contribution in [0.4, 0.5) is 5.69 Å². The number of carbonyl (C=O) groups excluding carboxylic acids is 2. The lowest BCUT2D eigenvalue weighted by Gasteiger charge is -2.10. The lowest BCUT2D eigenvalue weighted by Crippen LogP contribution is -2.14. The summed E-state index contributed by atoms with van der Waals surface area (Å²) in [5.74, 6) is 0.195. The molecule has 0 saturated heterocycles. The molecule has 1 aromatic heterocycles. The quantitative estimate of drug-likeness (QED) is 0.579. The second-order valence-corrected chi connectivity index (χ2v) is 7.33. The second-order valence-electron chi connectivity index (χ2n) is 7.33. The molecule has 1 amide bonds. The fourth-order valence-corrected chi connectivity index (χ4v) is 3.48. The number of hydrogen-bond donors (Lipinski definition) is 1. The third kappa shape index (κ3) is 4.94. The molecule has 0 saturated carbocycles. The number of hydrogen-bond acceptors (Lipinski definition) is 5. The zero-order chi connectivity index (χ0) is 22.5. The Balaban J connectivity index is 1.73. The number of carbonyl (C=O) groups is 2. The number of amides is 1. The number of ether oxygens (including phenoxy) is 2. The van der Waals surface area contributed by atoms with Gasteiger partial charge in [0.05, 0.1) is 31.2 Å². The van der Waals surface area contributed by atoms with Crippen LogP contribution in [0.2, 0.25) is 0 Å². The van der Waals surface area contributed by atoms with E-state index in [9.17, 15) is 9.59 Å². The molecule has 0 spiro atoms. The fraction of sp³-hybridized carbons (Fsp3) is 0.292. The van der Waals surface area contributed by atoms with Crippen molar-refractivity contribution in [2.45, 2.75) is 33.6 Å². The maximum absolute atomic E-state index is 12.6. The molecular weight excluding hydrogens is 394 g/mol. The van der Waals surface area contributed by atoms with Crippen molar-refractivity contribution in [3.8, 4) is 11.4 Å². The standard InChI is InChI=1S/C24H27N3O4/c1-15-9-10-18(24(29)31-5)13-22(15)25-23(28)12-11-21-16(2)26-27(17(21)3)19-7-6-8-20(14-19)30-4/h6-10,13-14H,11-12H2,1-5H3,(H,25,28).